The molecule has 0 aliphatic rings. The van der Waals surface area contributed by atoms with Gasteiger partial charge in [-0.25, -0.2) is 24.3 Å². The summed E-state index contributed by atoms with van der Waals surface area (Å²) < 4.78 is 12.5. The summed E-state index contributed by atoms with van der Waals surface area (Å²) in [6.07, 6.45) is 3.91. The zero-order valence-corrected chi connectivity index (χ0v) is 8.68. The van der Waals surface area contributed by atoms with Crippen molar-refractivity contribution < 1.29 is 4.39 Å². The molecule has 0 radical (unpaired) electrons. The fraction of sp³-hybridized carbons (Fsp3) is 0.200. The van der Waals surface area contributed by atoms with Crippen LogP contribution in [-0.2, 0) is 6.54 Å². The van der Waals surface area contributed by atoms with Gasteiger partial charge in [0.1, 0.15) is 5.82 Å². The van der Waals surface area contributed by atoms with Crippen molar-refractivity contribution in [2.24, 2.45) is 0 Å². The lowest BCUT2D eigenvalue weighted by molar-refractivity contribution is 0.614. The maximum absolute atomic E-state index is 12.5. The molecule has 0 atom stereocenters. The highest BCUT2D eigenvalue weighted by Gasteiger charge is 1.98. The number of nitrogens with one attached hydrogen (secondary N) is 1. The van der Waals surface area contributed by atoms with Crippen LogP contribution in [0, 0.1) is 12.7 Å². The van der Waals surface area contributed by atoms with Crippen LogP contribution in [0.1, 0.15) is 11.5 Å². The molecule has 5 nitrogen and oxygen atoms in total. The summed E-state index contributed by atoms with van der Waals surface area (Å²) in [5.41, 5.74) is 0.834. The van der Waals surface area contributed by atoms with Gasteiger partial charge in [-0.1, -0.05) is 0 Å². The van der Waals surface area contributed by atoms with Gasteiger partial charge in [-0.2, -0.15) is 0 Å². The molecule has 1 N–H and O–H groups in total. The van der Waals surface area contributed by atoms with E-state index in [1.165, 1.54) is 0 Å². The number of aryl methyl sites for hydroxylation is 1. The Hall–Kier alpha value is -2.11. The number of nitrogens with zero attached hydrogens (tertiary/aromatic N) is 4. The van der Waals surface area contributed by atoms with Gasteiger partial charge in [0.2, 0.25) is 5.95 Å². The lowest BCUT2D eigenvalue weighted by Gasteiger charge is -2.03. The van der Waals surface area contributed by atoms with Crippen molar-refractivity contribution >= 4 is 5.95 Å². The first-order valence-corrected chi connectivity index (χ1v) is 4.74. The molecule has 0 amide bonds. The molecule has 0 bridgehead atoms. The van der Waals surface area contributed by atoms with Crippen molar-refractivity contribution in [3.63, 3.8) is 0 Å². The summed E-state index contributed by atoms with van der Waals surface area (Å²) in [5, 5.41) is 2.94. The average Bonchev–Trinajstić information content (AvgIpc) is 2.28. The van der Waals surface area contributed by atoms with Crippen LogP contribution in [0.4, 0.5) is 10.3 Å². The van der Waals surface area contributed by atoms with Crippen molar-refractivity contribution in [1.29, 1.82) is 0 Å². The largest absolute Gasteiger partial charge is 0.349 e. The minimum absolute atomic E-state index is 0.373. The molecule has 82 valence electrons. The minimum atomic E-state index is -0.455. The van der Waals surface area contributed by atoms with Gasteiger partial charge in [0.15, 0.2) is 5.82 Å². The van der Waals surface area contributed by atoms with Crippen LogP contribution < -0.4 is 5.32 Å². The lowest BCUT2D eigenvalue weighted by Crippen LogP contribution is -2.06. The first kappa shape index (κ1) is 10.4. The maximum atomic E-state index is 12.5. The van der Waals surface area contributed by atoms with Gasteiger partial charge in [-0.3, -0.25) is 0 Å². The van der Waals surface area contributed by atoms with E-state index in [2.05, 4.69) is 25.3 Å². The first-order valence-electron chi connectivity index (χ1n) is 4.74. The maximum Gasteiger partial charge on any atom is 0.223 e. The van der Waals surface area contributed by atoms with E-state index in [1.807, 2.05) is 6.92 Å². The second kappa shape index (κ2) is 4.61. The van der Waals surface area contributed by atoms with E-state index in [0.29, 0.717) is 18.3 Å². The molecule has 0 aromatic carbocycles. The van der Waals surface area contributed by atoms with Crippen molar-refractivity contribution in [2.45, 2.75) is 13.5 Å². The fourth-order valence-electron chi connectivity index (χ4n) is 1.18. The predicted molar refractivity (Wildman–Crippen MR) is 56.1 cm³/mol. The highest BCUT2D eigenvalue weighted by molar-refractivity contribution is 5.23. The van der Waals surface area contributed by atoms with E-state index < -0.39 is 5.82 Å². The highest BCUT2D eigenvalue weighted by Crippen LogP contribution is 2.01. The normalized spacial score (nSPS) is 10.1. The van der Waals surface area contributed by atoms with Crippen LogP contribution in [-0.4, -0.2) is 19.9 Å². The summed E-state index contributed by atoms with van der Waals surface area (Å²) in [4.78, 5) is 15.7. The molecule has 0 saturated heterocycles. The number of halogens is 1. The summed E-state index contributed by atoms with van der Waals surface area (Å²) in [6.45, 7) is 2.30. The van der Waals surface area contributed by atoms with Gasteiger partial charge in [-0.15, -0.1) is 0 Å². The second-order valence-corrected chi connectivity index (χ2v) is 3.17. The van der Waals surface area contributed by atoms with Crippen molar-refractivity contribution in [3.05, 3.63) is 42.0 Å². The smallest absolute Gasteiger partial charge is 0.223 e. The number of anilines is 1. The average molecular weight is 219 g/mol. The van der Waals surface area contributed by atoms with Gasteiger partial charge >= 0.3 is 0 Å². The summed E-state index contributed by atoms with van der Waals surface area (Å²) >= 11 is 0. The Kier molecular flexibility index (Phi) is 3.00. The molecular formula is C10H10FN5. The van der Waals surface area contributed by atoms with Crippen molar-refractivity contribution in [2.75, 3.05) is 5.32 Å². The molecule has 6 heteroatoms. The van der Waals surface area contributed by atoms with Crippen LogP contribution >= 0.6 is 0 Å². The Morgan fingerprint density at radius 1 is 1.25 bits per heavy atom. The third-order valence-electron chi connectivity index (χ3n) is 1.88. The van der Waals surface area contributed by atoms with E-state index in [4.69, 9.17) is 0 Å². The van der Waals surface area contributed by atoms with E-state index in [9.17, 15) is 4.39 Å². The van der Waals surface area contributed by atoms with Crippen LogP contribution in [0.2, 0.25) is 0 Å². The zero-order chi connectivity index (χ0) is 11.4. The van der Waals surface area contributed by atoms with Gasteiger partial charge in [0, 0.05) is 6.20 Å². The summed E-state index contributed by atoms with van der Waals surface area (Å²) in [7, 11) is 0. The van der Waals surface area contributed by atoms with E-state index >= 15 is 0 Å². The van der Waals surface area contributed by atoms with Gasteiger partial charge in [0.05, 0.1) is 24.6 Å². The molecule has 2 aromatic rings. The first-order chi connectivity index (χ1) is 7.74. The molecule has 2 aromatic heterocycles. The lowest BCUT2D eigenvalue weighted by atomic mass is 10.4. The molecule has 2 heterocycles. The molecule has 0 aliphatic heterocycles. The van der Waals surface area contributed by atoms with Gasteiger partial charge < -0.3 is 5.32 Å². The van der Waals surface area contributed by atoms with E-state index in [0.717, 1.165) is 18.1 Å². The van der Waals surface area contributed by atoms with E-state index in [-0.39, 0.29) is 0 Å². The third-order valence-corrected chi connectivity index (χ3v) is 1.88. The van der Waals surface area contributed by atoms with Crippen molar-refractivity contribution in [1.82, 2.24) is 19.9 Å². The molecule has 0 spiro atoms. The number of rotatable bonds is 3. The van der Waals surface area contributed by atoms with Gasteiger partial charge in [-0.05, 0) is 13.0 Å². The topological polar surface area (TPSA) is 63.6 Å². The molecule has 0 saturated carbocycles. The molecular weight excluding hydrogens is 209 g/mol. The summed E-state index contributed by atoms with van der Waals surface area (Å²) in [6, 6.07) is 1.80. The van der Waals surface area contributed by atoms with Crippen LogP contribution in [0.5, 0.6) is 0 Å². The Morgan fingerprint density at radius 2 is 2.00 bits per heavy atom. The monoisotopic (exact) mass is 219 g/mol. The second-order valence-electron chi connectivity index (χ2n) is 3.17. The summed E-state index contributed by atoms with van der Waals surface area (Å²) in [5.74, 6) is 0.625. The molecule has 0 fully saturated rings. The number of hydrogen-bond acceptors (Lipinski definition) is 5. The SMILES string of the molecule is Cc1nccc(CNc2ncc(F)cn2)n1. The Morgan fingerprint density at radius 3 is 2.69 bits per heavy atom. The molecule has 2 rings (SSSR count). The Balaban J connectivity index is 1.99. The zero-order valence-electron chi connectivity index (χ0n) is 8.68. The van der Waals surface area contributed by atoms with Crippen molar-refractivity contribution in [3.8, 4) is 0 Å². The fourth-order valence-corrected chi connectivity index (χ4v) is 1.18. The predicted octanol–water partition coefficient (Wildman–Crippen LogP) is 1.33. The number of aromatic nitrogens is 4. The Bertz CT molecular complexity index is 471. The van der Waals surface area contributed by atoms with Crippen LogP contribution in [0.3, 0.4) is 0 Å². The number of hydrogen-bond donors (Lipinski definition) is 1. The molecule has 0 aliphatic carbocycles. The quantitative estimate of drug-likeness (QED) is 0.843. The van der Waals surface area contributed by atoms with E-state index in [1.54, 1.807) is 12.3 Å². The molecule has 16 heavy (non-hydrogen) atoms. The molecule has 0 unspecified atom stereocenters. The highest BCUT2D eigenvalue weighted by atomic mass is 19.1. The van der Waals surface area contributed by atoms with Gasteiger partial charge in [0.25, 0.3) is 0 Å². The third kappa shape index (κ3) is 2.69. The standard InChI is InChI=1S/C10H10FN5/c1-7-12-3-2-9(16-7)6-15-10-13-4-8(11)5-14-10/h2-5H,6H2,1H3,(H,13,14,15). The Labute approximate surface area is 91.8 Å². The van der Waals surface area contributed by atoms with Crippen LogP contribution in [0.15, 0.2) is 24.7 Å². The van der Waals surface area contributed by atoms with Crippen LogP contribution in [0.25, 0.3) is 0 Å². The minimum Gasteiger partial charge on any atom is -0.349 e.